The summed E-state index contributed by atoms with van der Waals surface area (Å²) in [5.74, 6) is 1.42. The molecule has 0 aliphatic carbocycles. The van der Waals surface area contributed by atoms with Crippen LogP contribution in [0.2, 0.25) is 0 Å². The van der Waals surface area contributed by atoms with Gasteiger partial charge in [-0.15, -0.1) is 0 Å². The van der Waals surface area contributed by atoms with Crippen LogP contribution in [0.3, 0.4) is 0 Å². The molecule has 1 aliphatic rings. The second kappa shape index (κ2) is 5.73. The lowest BCUT2D eigenvalue weighted by Gasteiger charge is -2.33. The van der Waals surface area contributed by atoms with E-state index >= 15 is 0 Å². The van der Waals surface area contributed by atoms with Crippen molar-refractivity contribution in [3.8, 4) is 6.07 Å². The van der Waals surface area contributed by atoms with Gasteiger partial charge in [-0.25, -0.2) is 9.97 Å². The molecule has 0 saturated carbocycles. The van der Waals surface area contributed by atoms with Crippen LogP contribution in [0, 0.1) is 11.3 Å². The molecule has 1 saturated heterocycles. The minimum atomic E-state index is 0.471. The zero-order valence-electron chi connectivity index (χ0n) is 12.7. The lowest BCUT2D eigenvalue weighted by Crippen LogP contribution is -2.34. The summed E-state index contributed by atoms with van der Waals surface area (Å²) >= 11 is 0. The Morgan fingerprint density at radius 3 is 3.04 bits per heavy atom. The predicted octanol–water partition coefficient (Wildman–Crippen LogP) is 3.21. The highest BCUT2D eigenvalue weighted by molar-refractivity contribution is 5.80. The highest BCUT2D eigenvalue weighted by Crippen LogP contribution is 2.32. The number of piperidine rings is 1. The van der Waals surface area contributed by atoms with Gasteiger partial charge < -0.3 is 9.88 Å². The number of aromatic amines is 1. The summed E-state index contributed by atoms with van der Waals surface area (Å²) in [4.78, 5) is 14.4. The Labute approximate surface area is 134 Å². The molecule has 3 aromatic heterocycles. The van der Waals surface area contributed by atoms with Crippen LogP contribution in [0.15, 0.2) is 42.9 Å². The van der Waals surface area contributed by atoms with Crippen molar-refractivity contribution in [2.45, 2.75) is 18.8 Å². The van der Waals surface area contributed by atoms with E-state index in [2.05, 4.69) is 38.2 Å². The zero-order chi connectivity index (χ0) is 15.6. The van der Waals surface area contributed by atoms with Crippen molar-refractivity contribution in [2.75, 3.05) is 18.0 Å². The van der Waals surface area contributed by atoms with E-state index in [4.69, 9.17) is 5.26 Å². The van der Waals surface area contributed by atoms with Crippen LogP contribution in [0.1, 0.15) is 29.9 Å². The Hall–Kier alpha value is -2.87. The topological polar surface area (TPSA) is 68.6 Å². The van der Waals surface area contributed by atoms with Crippen molar-refractivity contribution in [3.63, 3.8) is 0 Å². The predicted molar refractivity (Wildman–Crippen MR) is 89.2 cm³/mol. The Morgan fingerprint density at radius 1 is 1.26 bits per heavy atom. The second-order valence-electron chi connectivity index (χ2n) is 5.95. The molecular formula is C18H17N5. The van der Waals surface area contributed by atoms with Gasteiger partial charge in [0.2, 0.25) is 0 Å². The molecule has 0 radical (unpaired) electrons. The largest absolute Gasteiger partial charge is 0.356 e. The summed E-state index contributed by atoms with van der Waals surface area (Å²) in [6, 6.07) is 10.0. The first-order valence-electron chi connectivity index (χ1n) is 7.88. The molecular weight excluding hydrogens is 286 g/mol. The standard InChI is InChI=1S/C18H17N5/c19-9-13-5-6-17(21-10-13)23-8-2-3-14(12-23)16-11-22-18-15(16)4-1-7-20-18/h1,4-7,10-11,14H,2-3,8,12H2,(H,20,22)/t14-/m0/s1. The van der Waals surface area contributed by atoms with E-state index in [1.54, 1.807) is 6.20 Å². The summed E-state index contributed by atoms with van der Waals surface area (Å²) in [5.41, 5.74) is 2.90. The number of anilines is 1. The quantitative estimate of drug-likeness (QED) is 0.789. The number of aromatic nitrogens is 3. The fourth-order valence-electron chi connectivity index (χ4n) is 3.39. The Bertz CT molecular complexity index is 859. The number of fused-ring (bicyclic) bond motifs is 1. The van der Waals surface area contributed by atoms with Gasteiger partial charge in [0.05, 0.1) is 5.56 Å². The van der Waals surface area contributed by atoms with Gasteiger partial charge in [-0.1, -0.05) is 0 Å². The van der Waals surface area contributed by atoms with E-state index in [1.807, 2.05) is 24.4 Å². The molecule has 23 heavy (non-hydrogen) atoms. The molecule has 0 aromatic carbocycles. The molecule has 0 bridgehead atoms. The van der Waals surface area contributed by atoms with Gasteiger partial charge in [-0.2, -0.15) is 5.26 Å². The van der Waals surface area contributed by atoms with Crippen molar-refractivity contribution < 1.29 is 0 Å². The third-order valence-corrected chi connectivity index (χ3v) is 4.55. The SMILES string of the molecule is N#Cc1ccc(N2CCC[C@H](c3c[nH]c4ncccc34)C2)nc1. The maximum Gasteiger partial charge on any atom is 0.137 e. The van der Waals surface area contributed by atoms with E-state index in [0.29, 0.717) is 11.5 Å². The van der Waals surface area contributed by atoms with Gasteiger partial charge in [0.15, 0.2) is 0 Å². The lowest BCUT2D eigenvalue weighted by atomic mass is 9.90. The van der Waals surface area contributed by atoms with E-state index in [0.717, 1.165) is 31.0 Å². The van der Waals surface area contributed by atoms with Crippen molar-refractivity contribution in [1.82, 2.24) is 15.0 Å². The minimum Gasteiger partial charge on any atom is -0.356 e. The van der Waals surface area contributed by atoms with Gasteiger partial charge >= 0.3 is 0 Å². The zero-order valence-corrected chi connectivity index (χ0v) is 12.7. The number of H-pyrrole nitrogens is 1. The van der Waals surface area contributed by atoms with Crippen molar-refractivity contribution in [1.29, 1.82) is 5.26 Å². The highest BCUT2D eigenvalue weighted by Gasteiger charge is 2.24. The van der Waals surface area contributed by atoms with Crippen LogP contribution in [0.25, 0.3) is 11.0 Å². The lowest BCUT2D eigenvalue weighted by molar-refractivity contribution is 0.509. The van der Waals surface area contributed by atoms with Gasteiger partial charge in [-0.05, 0) is 42.7 Å². The molecule has 4 heterocycles. The van der Waals surface area contributed by atoms with Crippen molar-refractivity contribution in [3.05, 3.63) is 54.0 Å². The summed E-state index contributed by atoms with van der Waals surface area (Å²) in [5, 5.41) is 10.1. The Balaban J connectivity index is 1.60. The summed E-state index contributed by atoms with van der Waals surface area (Å²) in [6.07, 6.45) is 7.87. The van der Waals surface area contributed by atoms with Crippen molar-refractivity contribution >= 4 is 16.9 Å². The van der Waals surface area contributed by atoms with Crippen LogP contribution < -0.4 is 4.90 Å². The fourth-order valence-corrected chi connectivity index (χ4v) is 3.39. The van der Waals surface area contributed by atoms with Gasteiger partial charge in [-0.3, -0.25) is 0 Å². The molecule has 5 nitrogen and oxygen atoms in total. The first-order valence-corrected chi connectivity index (χ1v) is 7.88. The third-order valence-electron chi connectivity index (χ3n) is 4.55. The molecule has 0 amide bonds. The normalized spacial score (nSPS) is 18.0. The number of nitrogens with zero attached hydrogens (tertiary/aromatic N) is 4. The van der Waals surface area contributed by atoms with Gasteiger partial charge in [0.1, 0.15) is 17.5 Å². The van der Waals surface area contributed by atoms with Crippen molar-refractivity contribution in [2.24, 2.45) is 0 Å². The maximum absolute atomic E-state index is 8.89. The smallest absolute Gasteiger partial charge is 0.137 e. The summed E-state index contributed by atoms with van der Waals surface area (Å²) < 4.78 is 0. The number of nitriles is 1. The Kier molecular flexibility index (Phi) is 3.43. The molecule has 1 aliphatic heterocycles. The van der Waals surface area contributed by atoms with E-state index < -0.39 is 0 Å². The van der Waals surface area contributed by atoms with Crippen LogP contribution >= 0.6 is 0 Å². The number of hydrogen-bond acceptors (Lipinski definition) is 4. The minimum absolute atomic E-state index is 0.471. The first-order chi connectivity index (χ1) is 11.3. The van der Waals surface area contributed by atoms with Crippen LogP contribution in [0.5, 0.6) is 0 Å². The van der Waals surface area contributed by atoms with Crippen LogP contribution in [0.4, 0.5) is 5.82 Å². The Morgan fingerprint density at radius 2 is 2.22 bits per heavy atom. The highest BCUT2D eigenvalue weighted by atomic mass is 15.2. The molecule has 0 unspecified atom stereocenters. The maximum atomic E-state index is 8.89. The van der Waals surface area contributed by atoms with E-state index in [9.17, 15) is 0 Å². The van der Waals surface area contributed by atoms with Crippen LogP contribution in [-0.2, 0) is 0 Å². The molecule has 114 valence electrons. The number of hydrogen-bond donors (Lipinski definition) is 1. The molecule has 0 spiro atoms. The third kappa shape index (κ3) is 2.53. The van der Waals surface area contributed by atoms with Crippen LogP contribution in [-0.4, -0.2) is 28.0 Å². The molecule has 4 rings (SSSR count). The number of nitrogens with one attached hydrogen (secondary N) is 1. The molecule has 3 aromatic rings. The van der Waals surface area contributed by atoms with Gasteiger partial charge in [0, 0.05) is 43.0 Å². The fraction of sp³-hybridized carbons (Fsp3) is 0.278. The van der Waals surface area contributed by atoms with E-state index in [-0.39, 0.29) is 0 Å². The number of rotatable bonds is 2. The number of pyridine rings is 2. The average Bonchev–Trinajstić information content (AvgIpc) is 3.06. The summed E-state index contributed by atoms with van der Waals surface area (Å²) in [6.45, 7) is 1.96. The molecule has 5 heteroatoms. The molecule has 1 N–H and O–H groups in total. The molecule has 1 atom stereocenters. The summed E-state index contributed by atoms with van der Waals surface area (Å²) in [7, 11) is 0. The monoisotopic (exact) mass is 303 g/mol. The second-order valence-corrected chi connectivity index (χ2v) is 5.95. The van der Waals surface area contributed by atoms with E-state index in [1.165, 1.54) is 17.4 Å². The molecule has 1 fully saturated rings. The first kappa shape index (κ1) is 13.8. The van der Waals surface area contributed by atoms with Gasteiger partial charge in [0.25, 0.3) is 0 Å². The average molecular weight is 303 g/mol.